The summed E-state index contributed by atoms with van der Waals surface area (Å²) in [5, 5.41) is 0.469. The van der Waals surface area contributed by atoms with Gasteiger partial charge in [-0.25, -0.2) is 4.79 Å². The molecule has 0 saturated carbocycles. The molecule has 4 aromatic rings. The van der Waals surface area contributed by atoms with Crippen LogP contribution in [-0.4, -0.2) is 33.4 Å². The topological polar surface area (TPSA) is 75.2 Å². The zero-order chi connectivity index (χ0) is 22.8. The van der Waals surface area contributed by atoms with Crippen molar-refractivity contribution in [3.63, 3.8) is 0 Å². The number of nitrogens with zero attached hydrogens (tertiary/aromatic N) is 2. The first-order valence-corrected chi connectivity index (χ1v) is 10.9. The molecule has 0 aliphatic carbocycles. The minimum absolute atomic E-state index is 0.0226. The lowest BCUT2D eigenvalue weighted by Gasteiger charge is -2.27. The van der Waals surface area contributed by atoms with Crippen molar-refractivity contribution in [1.82, 2.24) is 14.5 Å². The first-order valence-electron chi connectivity index (χ1n) is 10.9. The number of aromatic amines is 1. The zero-order valence-corrected chi connectivity index (χ0v) is 18.0. The smallest absolute Gasteiger partial charge is 0.329 e. The molecule has 2 heterocycles. The Labute approximate surface area is 190 Å². The van der Waals surface area contributed by atoms with E-state index in [-0.39, 0.29) is 18.0 Å². The highest BCUT2D eigenvalue weighted by Crippen LogP contribution is 2.23. The Kier molecular flexibility index (Phi) is 5.48. The van der Waals surface area contributed by atoms with Gasteiger partial charge in [-0.1, -0.05) is 60.7 Å². The molecule has 3 aromatic carbocycles. The highest BCUT2D eigenvalue weighted by atomic mass is 16.2. The van der Waals surface area contributed by atoms with Crippen molar-refractivity contribution >= 4 is 22.4 Å². The molecular formula is C27H23N3O3. The molecule has 0 radical (unpaired) electrons. The molecular weight excluding hydrogens is 414 g/mol. The van der Waals surface area contributed by atoms with E-state index >= 15 is 0 Å². The molecule has 0 saturated heterocycles. The van der Waals surface area contributed by atoms with Crippen LogP contribution in [0.5, 0.6) is 0 Å². The fraction of sp³-hybridized carbons (Fsp3) is 0.148. The number of aromatic nitrogens is 2. The summed E-state index contributed by atoms with van der Waals surface area (Å²) in [5.74, 6) is -0.0226. The van der Waals surface area contributed by atoms with Gasteiger partial charge in [-0.15, -0.1) is 0 Å². The molecule has 5 rings (SSSR count). The molecule has 1 aliphatic rings. The molecule has 1 aromatic heterocycles. The quantitative estimate of drug-likeness (QED) is 0.529. The van der Waals surface area contributed by atoms with Gasteiger partial charge in [-0.2, -0.15) is 0 Å². The van der Waals surface area contributed by atoms with Gasteiger partial charge in [0.25, 0.3) is 11.5 Å². The molecule has 0 bridgehead atoms. The van der Waals surface area contributed by atoms with Gasteiger partial charge in [0.15, 0.2) is 0 Å². The lowest BCUT2D eigenvalue weighted by molar-refractivity contribution is 0.0773. The summed E-state index contributed by atoms with van der Waals surface area (Å²) in [4.78, 5) is 42.7. The molecule has 0 spiro atoms. The first kappa shape index (κ1) is 20.7. The Bertz CT molecular complexity index is 1460. The highest BCUT2D eigenvalue weighted by molar-refractivity contribution is 5.94. The predicted molar refractivity (Wildman–Crippen MR) is 129 cm³/mol. The van der Waals surface area contributed by atoms with Gasteiger partial charge in [0.2, 0.25) is 0 Å². The number of amides is 1. The Morgan fingerprint density at radius 1 is 0.879 bits per heavy atom. The van der Waals surface area contributed by atoms with Crippen LogP contribution in [-0.2, 0) is 6.54 Å². The van der Waals surface area contributed by atoms with Crippen molar-refractivity contribution in [2.24, 2.45) is 0 Å². The van der Waals surface area contributed by atoms with Crippen LogP contribution in [0.2, 0.25) is 0 Å². The highest BCUT2D eigenvalue weighted by Gasteiger charge is 2.19. The summed E-state index contributed by atoms with van der Waals surface area (Å²) in [6, 6.07) is 24.3. The minimum atomic E-state index is -0.451. The maximum Gasteiger partial charge on any atom is 0.329 e. The maximum atomic E-state index is 13.0. The monoisotopic (exact) mass is 437 g/mol. The number of nitrogens with one attached hydrogen (secondary N) is 1. The third kappa shape index (κ3) is 4.15. The summed E-state index contributed by atoms with van der Waals surface area (Å²) in [6.45, 7) is 1.39. The van der Waals surface area contributed by atoms with Gasteiger partial charge in [0.05, 0.1) is 17.4 Å². The van der Waals surface area contributed by atoms with Crippen LogP contribution in [0, 0.1) is 0 Å². The number of carbonyl (C=O) groups is 1. The van der Waals surface area contributed by atoms with Crippen LogP contribution in [0.15, 0.2) is 94.5 Å². The number of carbonyl (C=O) groups excluding carboxylic acids is 1. The Morgan fingerprint density at radius 2 is 1.61 bits per heavy atom. The Hall–Kier alpha value is -4.19. The van der Waals surface area contributed by atoms with Crippen molar-refractivity contribution in [3.05, 3.63) is 122 Å². The van der Waals surface area contributed by atoms with Gasteiger partial charge in [-0.3, -0.25) is 14.2 Å². The van der Waals surface area contributed by atoms with Crippen LogP contribution in [0.25, 0.3) is 16.5 Å². The molecule has 1 aliphatic heterocycles. The van der Waals surface area contributed by atoms with Crippen LogP contribution >= 0.6 is 0 Å². The zero-order valence-electron chi connectivity index (χ0n) is 18.0. The van der Waals surface area contributed by atoms with Gasteiger partial charge >= 0.3 is 5.69 Å². The van der Waals surface area contributed by atoms with Crippen LogP contribution in [0.3, 0.4) is 0 Å². The van der Waals surface area contributed by atoms with Crippen molar-refractivity contribution in [2.45, 2.75) is 13.0 Å². The molecule has 0 unspecified atom stereocenters. The molecule has 164 valence electrons. The molecule has 6 nitrogen and oxygen atoms in total. The molecule has 33 heavy (non-hydrogen) atoms. The fourth-order valence-electron chi connectivity index (χ4n) is 4.23. The number of H-pyrrole nitrogens is 1. The van der Waals surface area contributed by atoms with E-state index in [0.717, 1.165) is 12.0 Å². The van der Waals surface area contributed by atoms with Crippen LogP contribution in [0.1, 0.15) is 27.9 Å². The SMILES string of the molecule is O=C(c1ccc(Cn2c(=O)[nH]c3ccccc3c2=O)cc1)N1CC=C(c2ccccc2)CC1. The predicted octanol–water partition coefficient (Wildman–Crippen LogP) is 3.67. The second kappa shape index (κ2) is 8.74. The van der Waals surface area contributed by atoms with Crippen LogP contribution in [0.4, 0.5) is 0 Å². The molecule has 0 fully saturated rings. The Morgan fingerprint density at radius 3 is 2.33 bits per heavy atom. The standard InChI is InChI=1S/C27H23N3O3/c31-25(29-16-14-21(15-17-29)20-6-2-1-3-7-20)22-12-10-19(11-13-22)18-30-26(32)23-8-4-5-9-24(23)28-27(30)33/h1-14H,15-18H2,(H,28,33). The van der Waals surface area contributed by atoms with E-state index in [1.165, 1.54) is 15.7 Å². The average molecular weight is 437 g/mol. The molecule has 1 N–H and O–H groups in total. The lowest BCUT2D eigenvalue weighted by Crippen LogP contribution is -2.35. The summed E-state index contributed by atoms with van der Waals surface area (Å²) >= 11 is 0. The number of hydrogen-bond donors (Lipinski definition) is 1. The molecule has 0 atom stereocenters. The van der Waals surface area contributed by atoms with Gasteiger partial charge in [-0.05, 0) is 47.4 Å². The lowest BCUT2D eigenvalue weighted by atomic mass is 9.99. The largest absolute Gasteiger partial charge is 0.335 e. The van der Waals surface area contributed by atoms with E-state index in [0.29, 0.717) is 29.6 Å². The van der Waals surface area contributed by atoms with E-state index in [1.807, 2.05) is 23.1 Å². The normalized spacial score (nSPS) is 13.7. The van der Waals surface area contributed by atoms with E-state index in [4.69, 9.17) is 0 Å². The summed E-state index contributed by atoms with van der Waals surface area (Å²) in [6.07, 6.45) is 2.94. The summed E-state index contributed by atoms with van der Waals surface area (Å²) in [7, 11) is 0. The molecule has 6 heteroatoms. The van der Waals surface area contributed by atoms with E-state index in [1.54, 1.807) is 48.5 Å². The number of rotatable bonds is 4. The van der Waals surface area contributed by atoms with Gasteiger partial charge in [0, 0.05) is 18.7 Å². The fourth-order valence-corrected chi connectivity index (χ4v) is 4.23. The van der Waals surface area contributed by atoms with Gasteiger partial charge in [0.1, 0.15) is 0 Å². The summed E-state index contributed by atoms with van der Waals surface area (Å²) < 4.78 is 1.18. The summed E-state index contributed by atoms with van der Waals surface area (Å²) in [5.41, 5.74) is 3.58. The number of benzene rings is 3. The van der Waals surface area contributed by atoms with Gasteiger partial charge < -0.3 is 9.88 Å². The van der Waals surface area contributed by atoms with Crippen molar-refractivity contribution in [3.8, 4) is 0 Å². The van der Waals surface area contributed by atoms with Crippen molar-refractivity contribution in [1.29, 1.82) is 0 Å². The second-order valence-electron chi connectivity index (χ2n) is 8.16. The van der Waals surface area contributed by atoms with E-state index in [2.05, 4.69) is 23.2 Å². The number of para-hydroxylation sites is 1. The maximum absolute atomic E-state index is 13.0. The second-order valence-corrected chi connectivity index (χ2v) is 8.16. The number of hydrogen-bond acceptors (Lipinski definition) is 3. The van der Waals surface area contributed by atoms with Crippen molar-refractivity contribution in [2.75, 3.05) is 13.1 Å². The minimum Gasteiger partial charge on any atom is -0.335 e. The van der Waals surface area contributed by atoms with E-state index in [9.17, 15) is 14.4 Å². The number of fused-ring (bicyclic) bond motifs is 1. The first-order chi connectivity index (χ1) is 16.1. The van der Waals surface area contributed by atoms with E-state index < -0.39 is 5.69 Å². The Balaban J connectivity index is 1.31. The third-order valence-electron chi connectivity index (χ3n) is 6.07. The third-order valence-corrected chi connectivity index (χ3v) is 6.07. The average Bonchev–Trinajstić information content (AvgIpc) is 2.87. The molecule has 1 amide bonds. The van der Waals surface area contributed by atoms with Crippen LogP contribution < -0.4 is 11.2 Å². The van der Waals surface area contributed by atoms with Crippen molar-refractivity contribution < 1.29 is 4.79 Å².